The second-order valence-electron chi connectivity index (χ2n) is 10.4. The fourth-order valence-electron chi connectivity index (χ4n) is 4.17. The molecule has 1 aliphatic carbocycles. The first-order chi connectivity index (χ1) is 20.5. The van der Waals surface area contributed by atoms with Crippen LogP contribution in [0.1, 0.15) is 70.5 Å². The monoisotopic (exact) mass is 620 g/mol. The largest absolute Gasteiger partial charge is 0.416 e. The molecular formula is C34H51F3N4OS. The van der Waals surface area contributed by atoms with Crippen LogP contribution in [0.3, 0.4) is 0 Å². The third-order valence-electron chi connectivity index (χ3n) is 6.87. The van der Waals surface area contributed by atoms with Gasteiger partial charge in [-0.05, 0) is 82.5 Å². The second kappa shape index (κ2) is 21.2. The predicted molar refractivity (Wildman–Crippen MR) is 176 cm³/mol. The third kappa shape index (κ3) is 16.2. The number of carbonyl (C=O) groups is 1. The number of nitrogens with one attached hydrogen (secondary N) is 2. The predicted octanol–water partition coefficient (Wildman–Crippen LogP) is 8.13. The Morgan fingerprint density at radius 3 is 2.33 bits per heavy atom. The van der Waals surface area contributed by atoms with Gasteiger partial charge in [-0.2, -0.15) is 13.2 Å². The van der Waals surface area contributed by atoms with Gasteiger partial charge in [0.25, 0.3) is 0 Å². The lowest BCUT2D eigenvalue weighted by Crippen LogP contribution is -2.34. The van der Waals surface area contributed by atoms with Crippen molar-refractivity contribution in [1.29, 1.82) is 0 Å². The highest BCUT2D eigenvalue weighted by molar-refractivity contribution is 7.97. The van der Waals surface area contributed by atoms with Gasteiger partial charge >= 0.3 is 6.18 Å². The van der Waals surface area contributed by atoms with E-state index in [4.69, 9.17) is 0 Å². The maximum atomic E-state index is 12.9. The topological polar surface area (TPSA) is 47.6 Å². The quantitative estimate of drug-likeness (QED) is 0.165. The summed E-state index contributed by atoms with van der Waals surface area (Å²) in [5, 5.41) is 3.02. The van der Waals surface area contributed by atoms with Crippen molar-refractivity contribution in [2.45, 2.75) is 76.5 Å². The van der Waals surface area contributed by atoms with E-state index in [0.29, 0.717) is 4.90 Å². The van der Waals surface area contributed by atoms with Crippen molar-refractivity contribution in [3.63, 3.8) is 0 Å². The summed E-state index contributed by atoms with van der Waals surface area (Å²) in [6.45, 7) is 16.5. The molecule has 0 fully saturated rings. The third-order valence-corrected chi connectivity index (χ3v) is 7.76. The number of amides is 1. The summed E-state index contributed by atoms with van der Waals surface area (Å²) in [4.78, 5) is 17.7. The average molecular weight is 621 g/mol. The Bertz CT molecular complexity index is 1090. The van der Waals surface area contributed by atoms with Crippen LogP contribution in [-0.2, 0) is 11.0 Å². The van der Waals surface area contributed by atoms with Crippen LogP contribution >= 0.6 is 11.9 Å². The molecule has 0 radical (unpaired) electrons. The standard InChI is InChI=1S/C22H23F3N2OS.C10H22N2.C2H6/c1-15-10-11-18(12-15)26-21(28)14-20(16-6-3-2-4-7-16)27-29-19-9-5-8-17(13-19)22(23,24)25;1-5-7-8-12(4)10-9-11(3)6-2;1-2/h2-9,12-13,18,20,27H,10-11,14H2,1H3,(H,26,28);5H,1,6-10H2,2-4H3;1-2H3/t18-,20-;;/m1../s1. The minimum Gasteiger partial charge on any atom is -0.350 e. The van der Waals surface area contributed by atoms with E-state index in [1.54, 1.807) is 6.07 Å². The molecule has 0 spiro atoms. The number of rotatable bonds is 14. The molecule has 0 aliphatic heterocycles. The Labute approximate surface area is 262 Å². The van der Waals surface area contributed by atoms with Gasteiger partial charge in [-0.3, -0.25) is 9.52 Å². The second-order valence-corrected chi connectivity index (χ2v) is 11.3. The normalized spacial score (nSPS) is 15.1. The van der Waals surface area contributed by atoms with E-state index in [2.05, 4.69) is 53.5 Å². The molecule has 2 N–H and O–H groups in total. The van der Waals surface area contributed by atoms with E-state index in [-0.39, 0.29) is 24.4 Å². The van der Waals surface area contributed by atoms with Crippen molar-refractivity contribution in [1.82, 2.24) is 19.8 Å². The van der Waals surface area contributed by atoms with Gasteiger partial charge in [-0.15, -0.1) is 6.58 Å². The Morgan fingerprint density at radius 1 is 1.07 bits per heavy atom. The van der Waals surface area contributed by atoms with Crippen molar-refractivity contribution in [3.05, 3.63) is 90.0 Å². The molecule has 2 aromatic carbocycles. The van der Waals surface area contributed by atoms with Crippen LogP contribution < -0.4 is 10.0 Å². The van der Waals surface area contributed by atoms with Crippen LogP contribution in [0.5, 0.6) is 0 Å². The van der Waals surface area contributed by atoms with E-state index in [1.807, 2.05) is 57.2 Å². The molecule has 0 saturated heterocycles. The highest BCUT2D eigenvalue weighted by Crippen LogP contribution is 2.32. The minimum atomic E-state index is -4.39. The van der Waals surface area contributed by atoms with Crippen LogP contribution in [0.2, 0.25) is 0 Å². The molecule has 0 heterocycles. The SMILES string of the molecule is C=CCCN(C)CCN(C)CC.CC.CC1=C[C@H](NC(=O)C[C@@H](NSc2cccc(C(F)(F)F)c2)c2ccccc2)CC1. The van der Waals surface area contributed by atoms with E-state index in [1.165, 1.54) is 11.6 Å². The Morgan fingerprint density at radius 2 is 1.74 bits per heavy atom. The number of hydrogen-bond donors (Lipinski definition) is 2. The molecule has 0 unspecified atom stereocenters. The Balaban J connectivity index is 0.000000558. The first-order valence-corrected chi connectivity index (χ1v) is 15.9. The lowest BCUT2D eigenvalue weighted by molar-refractivity contribution is -0.137. The molecule has 1 amide bonds. The molecule has 0 saturated carbocycles. The highest BCUT2D eigenvalue weighted by atomic mass is 32.2. The lowest BCUT2D eigenvalue weighted by Gasteiger charge is -2.20. The maximum absolute atomic E-state index is 12.9. The van der Waals surface area contributed by atoms with Gasteiger partial charge < -0.3 is 15.1 Å². The van der Waals surface area contributed by atoms with E-state index in [0.717, 1.165) is 75.1 Å². The zero-order valence-electron chi connectivity index (χ0n) is 26.7. The van der Waals surface area contributed by atoms with Crippen LogP contribution in [0, 0.1) is 0 Å². The van der Waals surface area contributed by atoms with Crippen molar-refractivity contribution in [2.75, 3.05) is 40.3 Å². The maximum Gasteiger partial charge on any atom is 0.416 e. The van der Waals surface area contributed by atoms with Crippen molar-refractivity contribution in [2.24, 2.45) is 0 Å². The first kappa shape index (κ1) is 38.4. The lowest BCUT2D eigenvalue weighted by atomic mass is 10.0. The van der Waals surface area contributed by atoms with Crippen LogP contribution in [0.15, 0.2) is 83.8 Å². The number of allylic oxidation sites excluding steroid dienone is 1. The number of halogens is 3. The molecule has 1 aliphatic rings. The number of carbonyl (C=O) groups excluding carboxylic acids is 1. The van der Waals surface area contributed by atoms with Crippen LogP contribution in [0.4, 0.5) is 13.2 Å². The molecule has 5 nitrogen and oxygen atoms in total. The summed E-state index contributed by atoms with van der Waals surface area (Å²) in [6, 6.07) is 14.3. The number of benzene rings is 2. The summed E-state index contributed by atoms with van der Waals surface area (Å²) in [6.07, 6.45) is 2.82. The summed E-state index contributed by atoms with van der Waals surface area (Å²) in [5.74, 6) is -0.0908. The summed E-state index contributed by atoms with van der Waals surface area (Å²) >= 11 is 1.10. The first-order valence-electron chi connectivity index (χ1n) is 15.1. The van der Waals surface area contributed by atoms with Gasteiger partial charge in [0.15, 0.2) is 0 Å². The number of alkyl halides is 3. The molecule has 0 bridgehead atoms. The zero-order valence-corrected chi connectivity index (χ0v) is 27.5. The summed E-state index contributed by atoms with van der Waals surface area (Å²) < 4.78 is 42.0. The molecule has 2 aromatic rings. The molecular weight excluding hydrogens is 569 g/mol. The van der Waals surface area contributed by atoms with E-state index < -0.39 is 11.7 Å². The Kier molecular flexibility index (Phi) is 18.9. The fraction of sp³-hybridized carbons (Fsp3) is 0.500. The summed E-state index contributed by atoms with van der Waals surface area (Å²) in [7, 11) is 4.31. The smallest absolute Gasteiger partial charge is 0.350 e. The molecule has 240 valence electrons. The van der Waals surface area contributed by atoms with Gasteiger partial charge in [0.05, 0.1) is 11.6 Å². The molecule has 0 aromatic heterocycles. The zero-order chi connectivity index (χ0) is 32.3. The van der Waals surface area contributed by atoms with Gasteiger partial charge in [0.2, 0.25) is 5.91 Å². The highest BCUT2D eigenvalue weighted by Gasteiger charge is 2.30. The number of likely N-dealkylation sites (N-methyl/N-ethyl adjacent to an activating group) is 2. The summed E-state index contributed by atoms with van der Waals surface area (Å²) in [5.41, 5.74) is 1.48. The van der Waals surface area contributed by atoms with Gasteiger partial charge in [-0.25, -0.2) is 0 Å². The van der Waals surface area contributed by atoms with Crippen molar-refractivity contribution in [3.8, 4) is 0 Å². The van der Waals surface area contributed by atoms with Gasteiger partial charge in [-0.1, -0.05) is 74.9 Å². The average Bonchev–Trinajstić information content (AvgIpc) is 3.42. The Hall–Kier alpha value is -2.59. The fourth-order valence-corrected chi connectivity index (χ4v) is 5.00. The molecule has 3 rings (SSSR count). The van der Waals surface area contributed by atoms with Crippen molar-refractivity contribution >= 4 is 17.9 Å². The van der Waals surface area contributed by atoms with Gasteiger partial charge in [0.1, 0.15) is 0 Å². The number of hydrogen-bond acceptors (Lipinski definition) is 5. The molecule has 9 heteroatoms. The minimum absolute atomic E-state index is 0.0510. The van der Waals surface area contributed by atoms with Crippen LogP contribution in [0.25, 0.3) is 0 Å². The number of nitrogens with zero attached hydrogens (tertiary/aromatic N) is 2. The van der Waals surface area contributed by atoms with Crippen molar-refractivity contribution < 1.29 is 18.0 Å². The van der Waals surface area contributed by atoms with Crippen LogP contribution in [-0.4, -0.2) is 62.0 Å². The van der Waals surface area contributed by atoms with E-state index >= 15 is 0 Å². The molecule has 2 atom stereocenters. The van der Waals surface area contributed by atoms with E-state index in [9.17, 15) is 18.0 Å². The van der Waals surface area contributed by atoms with Gasteiger partial charge in [0, 0.05) is 37.0 Å². The molecule has 43 heavy (non-hydrogen) atoms.